The quantitative estimate of drug-likeness (QED) is 0.438. The third-order valence-electron chi connectivity index (χ3n) is 0.545. The molecule has 0 atom stereocenters. The molecule has 50 valence electrons. The van der Waals surface area contributed by atoms with E-state index in [-0.39, 0.29) is 5.94 Å². The highest BCUT2D eigenvalue weighted by Crippen LogP contribution is 1.78. The molecule has 0 bridgehead atoms. The van der Waals surface area contributed by atoms with Crippen LogP contribution in [0.1, 0.15) is 13.3 Å². The monoisotopic (exact) mass is 138 g/mol. The van der Waals surface area contributed by atoms with Crippen molar-refractivity contribution in [2.45, 2.75) is 13.3 Å². The van der Waals surface area contributed by atoms with Gasteiger partial charge in [0.15, 0.2) is 10.7 Å². The van der Waals surface area contributed by atoms with E-state index >= 15 is 0 Å². The molecule has 0 radical (unpaired) electrons. The fraction of sp³-hybridized carbons (Fsp3) is 1.00. The van der Waals surface area contributed by atoms with Gasteiger partial charge in [-0.1, -0.05) is 6.92 Å². The first-order valence-electron chi connectivity index (χ1n) is 2.47. The van der Waals surface area contributed by atoms with Crippen LogP contribution in [0.2, 0.25) is 0 Å². The van der Waals surface area contributed by atoms with Crippen LogP contribution in [-0.2, 0) is 15.4 Å². The molecule has 0 N–H and O–H groups in total. The summed E-state index contributed by atoms with van der Waals surface area (Å²) < 4.78 is 24.2. The number of rotatable bonds is 4. The summed E-state index contributed by atoms with van der Waals surface area (Å²) in [6, 6.07) is 0. The van der Waals surface area contributed by atoms with Gasteiger partial charge in [-0.3, -0.25) is 0 Å². The van der Waals surface area contributed by atoms with Crippen molar-refractivity contribution in [1.29, 1.82) is 0 Å². The predicted molar refractivity (Wildman–Crippen MR) is 31.4 cm³/mol. The summed E-state index contributed by atoms with van der Waals surface area (Å²) in [5.74, 6) is -0.136. The molecule has 0 heterocycles. The summed E-state index contributed by atoms with van der Waals surface area (Å²) in [6.45, 7) is 2.46. The molecule has 0 aliphatic heterocycles. The molecule has 0 aliphatic rings. The lowest BCUT2D eigenvalue weighted by Crippen LogP contribution is -1.95. The zero-order chi connectivity index (χ0) is 6.41. The molecule has 0 aromatic carbocycles. The van der Waals surface area contributed by atoms with E-state index in [4.69, 9.17) is 0 Å². The molecular weight excluding hydrogens is 128 g/mol. The zero-order valence-corrected chi connectivity index (χ0v) is 5.69. The number of ether oxygens (including phenoxy) is 1. The van der Waals surface area contributed by atoms with Crippen LogP contribution in [0.3, 0.4) is 0 Å². The Morgan fingerprint density at radius 3 is 2.50 bits per heavy atom. The summed E-state index contributed by atoms with van der Waals surface area (Å²) in [6.07, 6.45) is 0.864. The second-order valence-corrected chi connectivity index (χ2v) is 2.29. The summed E-state index contributed by atoms with van der Waals surface area (Å²) in [5.41, 5.74) is 0. The summed E-state index contributed by atoms with van der Waals surface area (Å²) in [7, 11) is -2.33. The Labute approximate surface area is 50.6 Å². The lowest BCUT2D eigenvalue weighted by Gasteiger charge is -1.91. The van der Waals surface area contributed by atoms with Gasteiger partial charge in [-0.25, -0.2) is 8.42 Å². The van der Waals surface area contributed by atoms with Gasteiger partial charge >= 0.3 is 0 Å². The van der Waals surface area contributed by atoms with E-state index in [1.54, 1.807) is 0 Å². The Balaban J connectivity index is 2.94. The Bertz CT molecular complexity index is 99.9. The van der Waals surface area contributed by atoms with Gasteiger partial charge in [0.2, 0.25) is 0 Å². The molecule has 8 heavy (non-hydrogen) atoms. The molecule has 3 nitrogen and oxygen atoms in total. The normalized spacial score (nSPS) is 10.2. The predicted octanol–water partition coefficient (Wildman–Crippen LogP) is -0.0181. The molecule has 0 saturated carbocycles. The van der Waals surface area contributed by atoms with Crippen molar-refractivity contribution >= 4 is 10.7 Å². The number of hydrogen-bond donors (Lipinski definition) is 1. The number of thiol groups is 1. The van der Waals surface area contributed by atoms with Crippen molar-refractivity contribution in [1.82, 2.24) is 0 Å². The fourth-order valence-corrected chi connectivity index (χ4v) is 0.562. The zero-order valence-electron chi connectivity index (χ0n) is 4.79. The Morgan fingerprint density at radius 1 is 1.50 bits per heavy atom. The van der Waals surface area contributed by atoms with E-state index < -0.39 is 10.7 Å². The van der Waals surface area contributed by atoms with E-state index in [0.29, 0.717) is 6.61 Å². The molecule has 0 amide bonds. The Hall–Kier alpha value is -0.0900. The highest BCUT2D eigenvalue weighted by Gasteiger charge is 1.83. The minimum Gasteiger partial charge on any atom is -0.366 e. The van der Waals surface area contributed by atoms with Crippen molar-refractivity contribution in [2.24, 2.45) is 0 Å². The third-order valence-corrected chi connectivity index (χ3v) is 0.939. The van der Waals surface area contributed by atoms with Gasteiger partial charge in [-0.2, -0.15) is 0 Å². The SMILES string of the molecule is CCCOC[SH](=O)=O. The van der Waals surface area contributed by atoms with Crippen LogP contribution in [0.25, 0.3) is 0 Å². The van der Waals surface area contributed by atoms with E-state index in [1.165, 1.54) is 0 Å². The van der Waals surface area contributed by atoms with Crippen molar-refractivity contribution < 1.29 is 13.2 Å². The first-order valence-corrected chi connectivity index (χ1v) is 3.83. The van der Waals surface area contributed by atoms with Gasteiger partial charge in [0.25, 0.3) is 0 Å². The largest absolute Gasteiger partial charge is 0.366 e. The summed E-state index contributed by atoms with van der Waals surface area (Å²) in [5, 5.41) is 0. The van der Waals surface area contributed by atoms with Crippen LogP contribution in [0.4, 0.5) is 0 Å². The molecule has 0 saturated heterocycles. The molecule has 0 aromatic heterocycles. The average molecular weight is 138 g/mol. The first kappa shape index (κ1) is 7.91. The Morgan fingerprint density at radius 2 is 2.12 bits per heavy atom. The van der Waals surface area contributed by atoms with E-state index in [0.717, 1.165) is 6.42 Å². The van der Waals surface area contributed by atoms with Crippen LogP contribution in [0, 0.1) is 0 Å². The minimum atomic E-state index is -2.33. The minimum absolute atomic E-state index is 0.136. The molecular formula is C4H10O3S. The molecule has 0 spiro atoms. The Kier molecular flexibility index (Phi) is 5.00. The maximum Gasteiger partial charge on any atom is 0.164 e. The molecule has 0 aliphatic carbocycles. The van der Waals surface area contributed by atoms with Gasteiger partial charge < -0.3 is 4.74 Å². The third kappa shape index (κ3) is 5.91. The van der Waals surface area contributed by atoms with E-state index in [1.807, 2.05) is 6.92 Å². The van der Waals surface area contributed by atoms with Crippen LogP contribution in [-0.4, -0.2) is 21.0 Å². The van der Waals surface area contributed by atoms with Crippen LogP contribution >= 0.6 is 0 Å². The molecule has 0 rings (SSSR count). The van der Waals surface area contributed by atoms with Crippen molar-refractivity contribution in [3.8, 4) is 0 Å². The summed E-state index contributed by atoms with van der Waals surface area (Å²) >= 11 is 0. The smallest absolute Gasteiger partial charge is 0.164 e. The topological polar surface area (TPSA) is 43.4 Å². The average Bonchev–Trinajstić information content (AvgIpc) is 1.66. The van der Waals surface area contributed by atoms with Gasteiger partial charge in [-0.05, 0) is 6.42 Å². The van der Waals surface area contributed by atoms with Gasteiger partial charge in [0.05, 0.1) is 0 Å². The highest BCUT2D eigenvalue weighted by molar-refractivity contribution is 7.72. The fourth-order valence-electron chi connectivity index (χ4n) is 0.283. The molecule has 0 unspecified atom stereocenters. The van der Waals surface area contributed by atoms with Crippen molar-refractivity contribution in [2.75, 3.05) is 12.5 Å². The number of hydrogen-bond acceptors (Lipinski definition) is 3. The first-order chi connectivity index (χ1) is 3.77. The highest BCUT2D eigenvalue weighted by atomic mass is 32.2. The maximum atomic E-state index is 9.79. The van der Waals surface area contributed by atoms with Gasteiger partial charge in [-0.15, -0.1) is 0 Å². The molecule has 4 heteroatoms. The lowest BCUT2D eigenvalue weighted by atomic mass is 10.5. The lowest BCUT2D eigenvalue weighted by molar-refractivity contribution is 0.179. The van der Waals surface area contributed by atoms with E-state index in [2.05, 4.69) is 4.74 Å². The standard InChI is InChI=1S/C4H10O3S/c1-2-3-7-4-8(5)6/h8H,2-4H2,1H3. The molecule has 0 fully saturated rings. The maximum absolute atomic E-state index is 9.79. The second-order valence-electron chi connectivity index (χ2n) is 1.37. The van der Waals surface area contributed by atoms with Crippen LogP contribution in [0.5, 0.6) is 0 Å². The molecule has 0 aromatic rings. The van der Waals surface area contributed by atoms with Gasteiger partial charge in [0, 0.05) is 6.61 Å². The second kappa shape index (κ2) is 5.05. The van der Waals surface area contributed by atoms with Crippen LogP contribution < -0.4 is 0 Å². The van der Waals surface area contributed by atoms with Crippen molar-refractivity contribution in [3.05, 3.63) is 0 Å². The summed E-state index contributed by atoms with van der Waals surface area (Å²) in [4.78, 5) is 0. The van der Waals surface area contributed by atoms with E-state index in [9.17, 15) is 8.42 Å². The van der Waals surface area contributed by atoms with Gasteiger partial charge in [0.1, 0.15) is 5.94 Å². The van der Waals surface area contributed by atoms with Crippen LogP contribution in [0.15, 0.2) is 0 Å². The van der Waals surface area contributed by atoms with Crippen molar-refractivity contribution in [3.63, 3.8) is 0 Å².